The van der Waals surface area contributed by atoms with E-state index in [-0.39, 0.29) is 5.91 Å². The number of carbonyl (C=O) groups is 2. The molecule has 1 saturated heterocycles. The Balaban J connectivity index is 1.84. The number of nitrogens with zero attached hydrogens (tertiary/aromatic N) is 3. The van der Waals surface area contributed by atoms with E-state index < -0.39 is 11.9 Å². The molecule has 1 aromatic heterocycles. The van der Waals surface area contributed by atoms with Gasteiger partial charge in [0.2, 0.25) is 5.91 Å². The van der Waals surface area contributed by atoms with Crippen molar-refractivity contribution in [2.24, 2.45) is 5.92 Å². The van der Waals surface area contributed by atoms with Crippen molar-refractivity contribution in [1.82, 2.24) is 14.7 Å². The largest absolute Gasteiger partial charge is 0.481 e. The van der Waals surface area contributed by atoms with Crippen LogP contribution in [0.5, 0.6) is 0 Å². The number of amides is 1. The lowest BCUT2D eigenvalue weighted by Crippen LogP contribution is -2.42. The predicted octanol–water partition coefficient (Wildman–Crippen LogP) is 0.905. The number of likely N-dealkylation sites (tertiary alicyclic amines) is 1. The third kappa shape index (κ3) is 3.56. The van der Waals surface area contributed by atoms with Crippen LogP contribution < -0.4 is 0 Å². The molecule has 1 N–H and O–H groups in total. The molecule has 0 unspecified atom stereocenters. The summed E-state index contributed by atoms with van der Waals surface area (Å²) in [4.78, 5) is 24.7. The maximum atomic E-state index is 12.0. The fourth-order valence-electron chi connectivity index (χ4n) is 2.36. The van der Waals surface area contributed by atoms with Crippen LogP contribution in [0.3, 0.4) is 0 Å². The predicted molar refractivity (Wildman–Crippen MR) is 68.5 cm³/mol. The van der Waals surface area contributed by atoms with E-state index in [1.54, 1.807) is 15.8 Å². The zero-order valence-electron chi connectivity index (χ0n) is 11.1. The molecule has 0 spiro atoms. The zero-order valence-corrected chi connectivity index (χ0v) is 11.1. The highest BCUT2D eigenvalue weighted by atomic mass is 16.4. The van der Waals surface area contributed by atoms with Gasteiger partial charge in [-0.25, -0.2) is 0 Å². The molecule has 1 aliphatic rings. The van der Waals surface area contributed by atoms with Crippen molar-refractivity contribution >= 4 is 11.9 Å². The molecule has 6 heteroatoms. The molecule has 0 saturated carbocycles. The molecule has 1 aliphatic heterocycles. The Morgan fingerprint density at radius 3 is 2.95 bits per heavy atom. The first-order valence-electron chi connectivity index (χ1n) is 6.56. The van der Waals surface area contributed by atoms with Gasteiger partial charge in [-0.3, -0.25) is 14.3 Å². The first kappa shape index (κ1) is 13.6. The van der Waals surface area contributed by atoms with Crippen LogP contribution in [-0.4, -0.2) is 44.8 Å². The Bertz CT molecular complexity index is 469. The van der Waals surface area contributed by atoms with E-state index in [9.17, 15) is 9.59 Å². The van der Waals surface area contributed by atoms with Gasteiger partial charge in [-0.2, -0.15) is 5.10 Å². The lowest BCUT2D eigenvalue weighted by molar-refractivity contribution is -0.145. The van der Waals surface area contributed by atoms with Crippen molar-refractivity contribution < 1.29 is 14.7 Å². The number of aryl methyl sites for hydroxylation is 2. The van der Waals surface area contributed by atoms with Crippen molar-refractivity contribution in [3.05, 3.63) is 18.0 Å². The fraction of sp³-hybridized carbons (Fsp3) is 0.615. The summed E-state index contributed by atoms with van der Waals surface area (Å²) in [6.45, 7) is 3.50. The maximum Gasteiger partial charge on any atom is 0.308 e. The SMILES string of the molecule is Cc1cnn(CCC(=O)N2CCC[C@@H](C(=O)O)C2)c1. The molecule has 104 valence electrons. The van der Waals surface area contributed by atoms with Gasteiger partial charge in [0.1, 0.15) is 0 Å². The number of hydrogen-bond donors (Lipinski definition) is 1. The van der Waals surface area contributed by atoms with Gasteiger partial charge in [-0.1, -0.05) is 0 Å². The number of carboxylic acids is 1. The monoisotopic (exact) mass is 265 g/mol. The van der Waals surface area contributed by atoms with E-state index in [2.05, 4.69) is 5.10 Å². The van der Waals surface area contributed by atoms with Crippen LogP contribution in [0.4, 0.5) is 0 Å². The minimum absolute atomic E-state index is 0.0131. The van der Waals surface area contributed by atoms with Crippen molar-refractivity contribution in [2.75, 3.05) is 13.1 Å². The summed E-state index contributed by atoms with van der Waals surface area (Å²) < 4.78 is 1.74. The van der Waals surface area contributed by atoms with Crippen LogP contribution in [-0.2, 0) is 16.1 Å². The Hall–Kier alpha value is -1.85. The van der Waals surface area contributed by atoms with E-state index in [1.807, 2.05) is 13.1 Å². The molecule has 1 aromatic rings. The standard InChI is InChI=1S/C13H19N3O3/c1-10-7-14-16(8-10)6-4-12(17)15-5-2-3-11(9-15)13(18)19/h7-8,11H,2-6,9H2,1H3,(H,18,19)/t11-/m1/s1. The van der Waals surface area contributed by atoms with E-state index in [4.69, 9.17) is 5.11 Å². The second kappa shape index (κ2) is 5.86. The number of carboxylic acid groups (broad SMARTS) is 1. The second-order valence-corrected chi connectivity index (χ2v) is 5.05. The summed E-state index contributed by atoms with van der Waals surface area (Å²) in [6.07, 6.45) is 5.45. The van der Waals surface area contributed by atoms with Gasteiger partial charge in [0.15, 0.2) is 0 Å². The molecule has 0 bridgehead atoms. The molecule has 1 fully saturated rings. The van der Waals surface area contributed by atoms with Crippen LogP contribution in [0.25, 0.3) is 0 Å². The van der Waals surface area contributed by atoms with E-state index in [0.29, 0.717) is 32.5 Å². The summed E-state index contributed by atoms with van der Waals surface area (Å²) in [5.41, 5.74) is 1.07. The molecular formula is C13H19N3O3. The smallest absolute Gasteiger partial charge is 0.308 e. The van der Waals surface area contributed by atoms with Crippen molar-refractivity contribution in [1.29, 1.82) is 0 Å². The van der Waals surface area contributed by atoms with Gasteiger partial charge in [0.25, 0.3) is 0 Å². The van der Waals surface area contributed by atoms with Gasteiger partial charge in [0, 0.05) is 32.3 Å². The van der Waals surface area contributed by atoms with Crippen LogP contribution in [0.2, 0.25) is 0 Å². The first-order valence-corrected chi connectivity index (χ1v) is 6.56. The Kier molecular flexibility index (Phi) is 4.19. The molecule has 1 amide bonds. The highest BCUT2D eigenvalue weighted by Crippen LogP contribution is 2.17. The number of carbonyl (C=O) groups excluding carboxylic acids is 1. The molecule has 6 nitrogen and oxygen atoms in total. The zero-order chi connectivity index (χ0) is 13.8. The van der Waals surface area contributed by atoms with Crippen molar-refractivity contribution in [2.45, 2.75) is 32.7 Å². The molecule has 0 aromatic carbocycles. The topological polar surface area (TPSA) is 75.4 Å². The van der Waals surface area contributed by atoms with Crippen molar-refractivity contribution in [3.63, 3.8) is 0 Å². The van der Waals surface area contributed by atoms with Gasteiger partial charge >= 0.3 is 5.97 Å². The van der Waals surface area contributed by atoms with Crippen LogP contribution >= 0.6 is 0 Å². The summed E-state index contributed by atoms with van der Waals surface area (Å²) in [5.74, 6) is -1.20. The number of aliphatic carboxylic acids is 1. The van der Waals surface area contributed by atoms with Gasteiger partial charge in [-0.05, 0) is 25.3 Å². The molecular weight excluding hydrogens is 246 g/mol. The Morgan fingerprint density at radius 1 is 1.53 bits per heavy atom. The van der Waals surface area contributed by atoms with Crippen LogP contribution in [0.1, 0.15) is 24.8 Å². The van der Waals surface area contributed by atoms with E-state index in [1.165, 1.54) is 0 Å². The number of rotatable bonds is 4. The highest BCUT2D eigenvalue weighted by molar-refractivity contribution is 5.77. The molecule has 19 heavy (non-hydrogen) atoms. The minimum atomic E-state index is -0.805. The van der Waals surface area contributed by atoms with Crippen molar-refractivity contribution in [3.8, 4) is 0 Å². The summed E-state index contributed by atoms with van der Waals surface area (Å²) in [5, 5.41) is 13.1. The van der Waals surface area contributed by atoms with Gasteiger partial charge in [0.05, 0.1) is 12.1 Å². The second-order valence-electron chi connectivity index (χ2n) is 5.05. The highest BCUT2D eigenvalue weighted by Gasteiger charge is 2.27. The minimum Gasteiger partial charge on any atom is -0.481 e. The Labute approximate surface area is 112 Å². The average molecular weight is 265 g/mol. The molecule has 0 radical (unpaired) electrons. The summed E-state index contributed by atoms with van der Waals surface area (Å²) >= 11 is 0. The van der Waals surface area contributed by atoms with E-state index in [0.717, 1.165) is 12.0 Å². The first-order chi connectivity index (χ1) is 9.06. The molecule has 1 atom stereocenters. The molecule has 2 rings (SSSR count). The van der Waals surface area contributed by atoms with E-state index >= 15 is 0 Å². The fourth-order valence-corrected chi connectivity index (χ4v) is 2.36. The molecule has 0 aliphatic carbocycles. The third-order valence-electron chi connectivity index (χ3n) is 3.44. The quantitative estimate of drug-likeness (QED) is 0.877. The number of hydrogen-bond acceptors (Lipinski definition) is 3. The van der Waals surface area contributed by atoms with Gasteiger partial charge in [-0.15, -0.1) is 0 Å². The number of aromatic nitrogens is 2. The van der Waals surface area contributed by atoms with Crippen LogP contribution in [0, 0.1) is 12.8 Å². The number of piperidine rings is 1. The maximum absolute atomic E-state index is 12.0. The van der Waals surface area contributed by atoms with Crippen LogP contribution in [0.15, 0.2) is 12.4 Å². The normalized spacial score (nSPS) is 19.4. The van der Waals surface area contributed by atoms with Gasteiger partial charge < -0.3 is 10.0 Å². The Morgan fingerprint density at radius 2 is 2.32 bits per heavy atom. The lowest BCUT2D eigenvalue weighted by atomic mass is 9.98. The lowest BCUT2D eigenvalue weighted by Gasteiger charge is -2.30. The molecule has 2 heterocycles. The summed E-state index contributed by atoms with van der Waals surface area (Å²) in [6, 6.07) is 0. The average Bonchev–Trinajstić information content (AvgIpc) is 2.82. The third-order valence-corrected chi connectivity index (χ3v) is 3.44. The summed E-state index contributed by atoms with van der Waals surface area (Å²) in [7, 11) is 0.